The van der Waals surface area contributed by atoms with Gasteiger partial charge in [0, 0.05) is 17.6 Å². The van der Waals surface area contributed by atoms with Crippen LogP contribution < -0.4 is 11.1 Å². The third-order valence-electron chi connectivity index (χ3n) is 4.01. The van der Waals surface area contributed by atoms with E-state index in [4.69, 9.17) is 10.9 Å². The second-order valence-corrected chi connectivity index (χ2v) is 5.02. The molecule has 1 aromatic carbocycles. The van der Waals surface area contributed by atoms with Crippen LogP contribution in [0.15, 0.2) is 29.4 Å². The molecule has 0 amide bonds. The molecule has 2 rings (SSSR count). The van der Waals surface area contributed by atoms with Crippen LogP contribution in [0.3, 0.4) is 0 Å². The van der Waals surface area contributed by atoms with Gasteiger partial charge in [0.2, 0.25) is 0 Å². The molecule has 98 valence electrons. The van der Waals surface area contributed by atoms with Gasteiger partial charge in [-0.15, -0.1) is 0 Å². The Morgan fingerprint density at radius 2 is 2.06 bits per heavy atom. The minimum Gasteiger partial charge on any atom is -0.409 e. The van der Waals surface area contributed by atoms with Gasteiger partial charge in [0.15, 0.2) is 5.84 Å². The van der Waals surface area contributed by atoms with Gasteiger partial charge < -0.3 is 16.3 Å². The van der Waals surface area contributed by atoms with Gasteiger partial charge in [0.25, 0.3) is 0 Å². The van der Waals surface area contributed by atoms with Crippen LogP contribution in [0.5, 0.6) is 0 Å². The zero-order valence-corrected chi connectivity index (χ0v) is 10.8. The largest absolute Gasteiger partial charge is 0.409 e. The molecule has 0 heterocycles. The summed E-state index contributed by atoms with van der Waals surface area (Å²) in [5.74, 6) is 0.151. The third-order valence-corrected chi connectivity index (χ3v) is 4.01. The molecule has 4 heteroatoms. The SMILES string of the molecule is CCC1(NCc2ccc(/C(N)=N/O)cc2)CCC1. The first-order chi connectivity index (χ1) is 8.69. The lowest BCUT2D eigenvalue weighted by Crippen LogP contribution is -2.49. The summed E-state index contributed by atoms with van der Waals surface area (Å²) in [5.41, 5.74) is 7.86. The van der Waals surface area contributed by atoms with Crippen LogP contribution in [-0.2, 0) is 6.54 Å². The van der Waals surface area contributed by atoms with E-state index in [0.29, 0.717) is 5.54 Å². The van der Waals surface area contributed by atoms with Crippen LogP contribution in [0, 0.1) is 0 Å². The van der Waals surface area contributed by atoms with Gasteiger partial charge in [-0.25, -0.2) is 0 Å². The molecular formula is C14H21N3O. The van der Waals surface area contributed by atoms with E-state index >= 15 is 0 Å². The van der Waals surface area contributed by atoms with E-state index in [-0.39, 0.29) is 5.84 Å². The molecule has 0 radical (unpaired) electrons. The van der Waals surface area contributed by atoms with E-state index in [1.807, 2.05) is 24.3 Å². The number of hydrogen-bond donors (Lipinski definition) is 3. The number of nitrogens with zero attached hydrogens (tertiary/aromatic N) is 1. The lowest BCUT2D eigenvalue weighted by molar-refractivity contribution is 0.175. The molecule has 0 unspecified atom stereocenters. The molecule has 1 saturated carbocycles. The van der Waals surface area contributed by atoms with E-state index in [9.17, 15) is 0 Å². The highest BCUT2D eigenvalue weighted by atomic mass is 16.4. The van der Waals surface area contributed by atoms with Crippen molar-refractivity contribution in [2.75, 3.05) is 0 Å². The average Bonchev–Trinajstić information content (AvgIpc) is 2.38. The van der Waals surface area contributed by atoms with Crippen molar-refractivity contribution in [2.24, 2.45) is 10.9 Å². The van der Waals surface area contributed by atoms with Crippen molar-refractivity contribution in [3.05, 3.63) is 35.4 Å². The van der Waals surface area contributed by atoms with Crippen molar-refractivity contribution in [1.29, 1.82) is 0 Å². The summed E-state index contributed by atoms with van der Waals surface area (Å²) in [6, 6.07) is 7.79. The molecule has 0 aromatic heterocycles. The third kappa shape index (κ3) is 2.64. The summed E-state index contributed by atoms with van der Waals surface area (Å²) in [6.45, 7) is 3.12. The predicted molar refractivity (Wildman–Crippen MR) is 72.7 cm³/mol. The molecule has 0 saturated heterocycles. The van der Waals surface area contributed by atoms with E-state index in [1.54, 1.807) is 0 Å². The number of hydrogen-bond acceptors (Lipinski definition) is 3. The molecule has 1 aliphatic rings. The van der Waals surface area contributed by atoms with Gasteiger partial charge in [0.1, 0.15) is 0 Å². The Labute approximate surface area is 108 Å². The van der Waals surface area contributed by atoms with Gasteiger partial charge >= 0.3 is 0 Å². The molecule has 18 heavy (non-hydrogen) atoms. The number of nitrogens with two attached hydrogens (primary N) is 1. The first kappa shape index (κ1) is 12.9. The highest BCUT2D eigenvalue weighted by Crippen LogP contribution is 2.34. The number of nitrogens with one attached hydrogen (secondary N) is 1. The summed E-state index contributed by atoms with van der Waals surface area (Å²) in [6.07, 6.45) is 5.09. The minimum absolute atomic E-state index is 0.151. The van der Waals surface area contributed by atoms with E-state index in [2.05, 4.69) is 17.4 Å². The molecule has 4 N–H and O–H groups in total. The van der Waals surface area contributed by atoms with Gasteiger partial charge in [-0.3, -0.25) is 0 Å². The van der Waals surface area contributed by atoms with Crippen LogP contribution in [-0.4, -0.2) is 16.6 Å². The van der Waals surface area contributed by atoms with Crippen LogP contribution >= 0.6 is 0 Å². The van der Waals surface area contributed by atoms with Gasteiger partial charge in [-0.05, 0) is 31.2 Å². The van der Waals surface area contributed by atoms with Gasteiger partial charge in [0.05, 0.1) is 0 Å². The fourth-order valence-electron chi connectivity index (χ4n) is 2.40. The van der Waals surface area contributed by atoms with Crippen LogP contribution in [0.4, 0.5) is 0 Å². The average molecular weight is 247 g/mol. The first-order valence-corrected chi connectivity index (χ1v) is 6.51. The summed E-state index contributed by atoms with van der Waals surface area (Å²) in [5, 5.41) is 15.2. The predicted octanol–water partition coefficient (Wildman–Crippen LogP) is 2.20. The van der Waals surface area contributed by atoms with E-state index in [0.717, 1.165) is 12.1 Å². The van der Waals surface area contributed by atoms with Crippen molar-refractivity contribution < 1.29 is 5.21 Å². The Morgan fingerprint density at radius 1 is 1.39 bits per heavy atom. The summed E-state index contributed by atoms with van der Waals surface area (Å²) < 4.78 is 0. The Hall–Kier alpha value is -1.55. The number of oxime groups is 1. The van der Waals surface area contributed by atoms with Crippen molar-refractivity contribution in [3.63, 3.8) is 0 Å². The first-order valence-electron chi connectivity index (χ1n) is 6.51. The fraction of sp³-hybridized carbons (Fsp3) is 0.500. The summed E-state index contributed by atoms with van der Waals surface area (Å²) in [7, 11) is 0. The monoisotopic (exact) mass is 247 g/mol. The normalized spacial score (nSPS) is 18.4. The van der Waals surface area contributed by atoms with Gasteiger partial charge in [-0.2, -0.15) is 0 Å². The maximum absolute atomic E-state index is 8.59. The molecular weight excluding hydrogens is 226 g/mol. The summed E-state index contributed by atoms with van der Waals surface area (Å²) in [4.78, 5) is 0. The lowest BCUT2D eigenvalue weighted by Gasteiger charge is -2.42. The van der Waals surface area contributed by atoms with E-state index < -0.39 is 0 Å². The molecule has 1 fully saturated rings. The molecule has 0 atom stereocenters. The lowest BCUT2D eigenvalue weighted by atomic mass is 9.75. The summed E-state index contributed by atoms with van der Waals surface area (Å²) >= 11 is 0. The Morgan fingerprint density at radius 3 is 2.50 bits per heavy atom. The Kier molecular flexibility index (Phi) is 3.87. The number of amidine groups is 1. The fourth-order valence-corrected chi connectivity index (χ4v) is 2.40. The zero-order valence-electron chi connectivity index (χ0n) is 10.8. The second-order valence-electron chi connectivity index (χ2n) is 5.02. The molecule has 0 bridgehead atoms. The molecule has 0 spiro atoms. The molecule has 4 nitrogen and oxygen atoms in total. The van der Waals surface area contributed by atoms with Crippen molar-refractivity contribution in [2.45, 2.75) is 44.7 Å². The maximum Gasteiger partial charge on any atom is 0.170 e. The van der Waals surface area contributed by atoms with Crippen molar-refractivity contribution in [3.8, 4) is 0 Å². The Bertz CT molecular complexity index is 416. The smallest absolute Gasteiger partial charge is 0.170 e. The second kappa shape index (κ2) is 5.40. The number of rotatable bonds is 5. The van der Waals surface area contributed by atoms with Gasteiger partial charge in [-0.1, -0.05) is 36.3 Å². The van der Waals surface area contributed by atoms with Crippen LogP contribution in [0.25, 0.3) is 0 Å². The zero-order chi connectivity index (χ0) is 13.0. The number of benzene rings is 1. The molecule has 0 aliphatic heterocycles. The molecule has 1 aliphatic carbocycles. The minimum atomic E-state index is 0.151. The van der Waals surface area contributed by atoms with Crippen molar-refractivity contribution in [1.82, 2.24) is 5.32 Å². The topological polar surface area (TPSA) is 70.6 Å². The van der Waals surface area contributed by atoms with Crippen LogP contribution in [0.2, 0.25) is 0 Å². The molecule has 1 aromatic rings. The van der Waals surface area contributed by atoms with E-state index in [1.165, 1.54) is 31.2 Å². The van der Waals surface area contributed by atoms with Crippen molar-refractivity contribution >= 4 is 5.84 Å². The highest BCUT2D eigenvalue weighted by Gasteiger charge is 2.33. The standard InChI is InChI=1S/C14H21N3O/c1-2-14(8-3-9-14)16-10-11-4-6-12(7-5-11)13(15)17-18/h4-7,16,18H,2-3,8-10H2,1H3,(H2,15,17). The quantitative estimate of drug-likeness (QED) is 0.323. The highest BCUT2D eigenvalue weighted by molar-refractivity contribution is 5.96. The maximum atomic E-state index is 8.59. The van der Waals surface area contributed by atoms with Crippen LogP contribution in [0.1, 0.15) is 43.7 Å². The Balaban J connectivity index is 1.94.